The van der Waals surface area contributed by atoms with Gasteiger partial charge in [0.15, 0.2) is 0 Å². The van der Waals surface area contributed by atoms with Crippen LogP contribution >= 0.6 is 0 Å². The second-order valence-corrected chi connectivity index (χ2v) is 7.63. The molecule has 6 heteroatoms. The van der Waals surface area contributed by atoms with Crippen LogP contribution in [0.4, 0.5) is 5.82 Å². The molecule has 28 heavy (non-hydrogen) atoms. The second-order valence-electron chi connectivity index (χ2n) is 7.63. The van der Waals surface area contributed by atoms with Crippen LogP contribution < -0.4 is 10.2 Å². The summed E-state index contributed by atoms with van der Waals surface area (Å²) in [5.41, 5.74) is 4.08. The first-order valence-electron chi connectivity index (χ1n) is 9.82. The highest BCUT2D eigenvalue weighted by atomic mass is 16.3. The number of hydrogen-bond acceptors (Lipinski definition) is 5. The van der Waals surface area contributed by atoms with Crippen LogP contribution in [-0.4, -0.2) is 29.0 Å². The Morgan fingerprint density at radius 2 is 1.86 bits per heavy atom. The minimum Gasteiger partial charge on any atom is -0.443 e. The minimum absolute atomic E-state index is 0.0474. The minimum atomic E-state index is 0.0474. The molecule has 3 aromatic rings. The fourth-order valence-electron chi connectivity index (χ4n) is 3.80. The highest BCUT2D eigenvalue weighted by Gasteiger charge is 2.27. The van der Waals surface area contributed by atoms with Gasteiger partial charge in [0.1, 0.15) is 17.9 Å². The number of furan rings is 1. The molecule has 0 unspecified atom stereocenters. The van der Waals surface area contributed by atoms with Crippen LogP contribution in [0.5, 0.6) is 0 Å². The molecule has 146 valence electrons. The van der Waals surface area contributed by atoms with Gasteiger partial charge < -0.3 is 14.6 Å². The number of hydrogen-bond donors (Lipinski definition) is 1. The first kappa shape index (κ1) is 18.5. The number of nitrogens with zero attached hydrogens (tertiary/aromatic N) is 3. The SMILES string of the molecule is Cc1ccc(CNC(=O)C2CCN(c3ncnc4oc(C)c(C)c34)CC2)cc1. The largest absolute Gasteiger partial charge is 0.443 e. The smallest absolute Gasteiger partial charge is 0.231 e. The van der Waals surface area contributed by atoms with Gasteiger partial charge in [0.05, 0.1) is 5.39 Å². The van der Waals surface area contributed by atoms with Gasteiger partial charge in [-0.05, 0) is 39.2 Å². The first-order valence-corrected chi connectivity index (χ1v) is 9.82. The maximum Gasteiger partial charge on any atom is 0.231 e. The summed E-state index contributed by atoms with van der Waals surface area (Å²) in [6.07, 6.45) is 3.20. The van der Waals surface area contributed by atoms with Crippen molar-refractivity contribution in [3.8, 4) is 0 Å². The number of carbonyl (C=O) groups is 1. The Hall–Kier alpha value is -2.89. The van der Waals surface area contributed by atoms with Crippen molar-refractivity contribution in [3.05, 3.63) is 53.0 Å². The highest BCUT2D eigenvalue weighted by Crippen LogP contribution is 2.32. The summed E-state index contributed by atoms with van der Waals surface area (Å²) in [5, 5.41) is 4.07. The normalized spacial score (nSPS) is 15.2. The number of aryl methyl sites for hydroxylation is 3. The van der Waals surface area contributed by atoms with E-state index in [1.165, 1.54) is 5.56 Å². The molecule has 0 spiro atoms. The number of carbonyl (C=O) groups excluding carboxylic acids is 1. The molecular weight excluding hydrogens is 352 g/mol. The summed E-state index contributed by atoms with van der Waals surface area (Å²) in [4.78, 5) is 23.6. The average Bonchev–Trinajstić information content (AvgIpc) is 3.01. The van der Waals surface area contributed by atoms with Gasteiger partial charge in [-0.15, -0.1) is 0 Å². The molecule has 3 heterocycles. The van der Waals surface area contributed by atoms with E-state index in [4.69, 9.17) is 4.42 Å². The van der Waals surface area contributed by atoms with E-state index in [2.05, 4.69) is 51.4 Å². The Bertz CT molecular complexity index is 986. The summed E-state index contributed by atoms with van der Waals surface area (Å²) in [7, 11) is 0. The lowest BCUT2D eigenvalue weighted by Gasteiger charge is -2.32. The van der Waals surface area contributed by atoms with E-state index >= 15 is 0 Å². The van der Waals surface area contributed by atoms with Crippen molar-refractivity contribution >= 4 is 22.8 Å². The molecule has 1 amide bonds. The maximum atomic E-state index is 12.6. The van der Waals surface area contributed by atoms with E-state index in [0.29, 0.717) is 12.3 Å². The van der Waals surface area contributed by atoms with Gasteiger partial charge in [0, 0.05) is 31.1 Å². The van der Waals surface area contributed by atoms with Gasteiger partial charge in [0.2, 0.25) is 11.6 Å². The summed E-state index contributed by atoms with van der Waals surface area (Å²) >= 11 is 0. The Kier molecular flexibility index (Phi) is 5.03. The number of nitrogens with one attached hydrogen (secondary N) is 1. The zero-order valence-electron chi connectivity index (χ0n) is 16.7. The lowest BCUT2D eigenvalue weighted by Crippen LogP contribution is -2.40. The van der Waals surface area contributed by atoms with Gasteiger partial charge in [0.25, 0.3) is 0 Å². The Morgan fingerprint density at radius 1 is 1.14 bits per heavy atom. The van der Waals surface area contributed by atoms with E-state index in [9.17, 15) is 4.79 Å². The van der Waals surface area contributed by atoms with Crippen LogP contribution in [0, 0.1) is 26.7 Å². The highest BCUT2D eigenvalue weighted by molar-refractivity contribution is 5.90. The number of fused-ring (bicyclic) bond motifs is 1. The van der Waals surface area contributed by atoms with Crippen molar-refractivity contribution in [3.63, 3.8) is 0 Å². The predicted molar refractivity (Wildman–Crippen MR) is 109 cm³/mol. The van der Waals surface area contributed by atoms with Crippen molar-refractivity contribution in [2.75, 3.05) is 18.0 Å². The zero-order valence-corrected chi connectivity index (χ0v) is 16.7. The molecule has 1 N–H and O–H groups in total. The average molecular weight is 378 g/mol. The van der Waals surface area contributed by atoms with Crippen molar-refractivity contribution in [1.82, 2.24) is 15.3 Å². The van der Waals surface area contributed by atoms with E-state index in [-0.39, 0.29) is 11.8 Å². The van der Waals surface area contributed by atoms with E-state index in [0.717, 1.165) is 54.0 Å². The van der Waals surface area contributed by atoms with Gasteiger partial charge in [-0.2, -0.15) is 0 Å². The van der Waals surface area contributed by atoms with Gasteiger partial charge >= 0.3 is 0 Å². The predicted octanol–water partition coefficient (Wildman–Crippen LogP) is 3.68. The Labute approximate surface area is 165 Å². The number of piperidine rings is 1. The molecule has 6 nitrogen and oxygen atoms in total. The monoisotopic (exact) mass is 378 g/mol. The Balaban J connectivity index is 1.38. The molecule has 0 bridgehead atoms. The number of benzene rings is 1. The lowest BCUT2D eigenvalue weighted by atomic mass is 9.95. The van der Waals surface area contributed by atoms with Gasteiger partial charge in [-0.25, -0.2) is 9.97 Å². The van der Waals surface area contributed by atoms with Crippen LogP contribution in [0.3, 0.4) is 0 Å². The fourth-order valence-corrected chi connectivity index (χ4v) is 3.80. The Morgan fingerprint density at radius 3 is 2.57 bits per heavy atom. The number of rotatable bonds is 4. The third-order valence-corrected chi connectivity index (χ3v) is 5.70. The summed E-state index contributed by atoms with van der Waals surface area (Å²) < 4.78 is 5.73. The summed E-state index contributed by atoms with van der Waals surface area (Å²) in [5.74, 6) is 1.98. The van der Waals surface area contributed by atoms with Gasteiger partial charge in [-0.1, -0.05) is 29.8 Å². The summed E-state index contributed by atoms with van der Waals surface area (Å²) in [6, 6.07) is 8.27. The number of amides is 1. The first-order chi connectivity index (χ1) is 13.5. The van der Waals surface area contributed by atoms with Crippen molar-refractivity contribution in [2.45, 2.75) is 40.2 Å². The number of aromatic nitrogens is 2. The fraction of sp³-hybridized carbons (Fsp3) is 0.409. The molecule has 0 saturated carbocycles. The summed E-state index contributed by atoms with van der Waals surface area (Å²) in [6.45, 7) is 8.24. The molecule has 4 rings (SSSR count). The molecule has 1 aliphatic heterocycles. The van der Waals surface area contributed by atoms with E-state index in [1.807, 2.05) is 13.8 Å². The van der Waals surface area contributed by atoms with Crippen LogP contribution in [0.25, 0.3) is 11.1 Å². The molecule has 1 aromatic carbocycles. The van der Waals surface area contributed by atoms with Crippen LogP contribution in [0.2, 0.25) is 0 Å². The molecule has 1 aliphatic rings. The quantitative estimate of drug-likeness (QED) is 0.750. The maximum absolute atomic E-state index is 12.6. The third-order valence-electron chi connectivity index (χ3n) is 5.70. The lowest BCUT2D eigenvalue weighted by molar-refractivity contribution is -0.125. The molecule has 0 atom stereocenters. The van der Waals surface area contributed by atoms with Crippen molar-refractivity contribution in [1.29, 1.82) is 0 Å². The van der Waals surface area contributed by atoms with E-state index in [1.54, 1.807) is 6.33 Å². The molecule has 1 saturated heterocycles. The third kappa shape index (κ3) is 3.59. The van der Waals surface area contributed by atoms with E-state index < -0.39 is 0 Å². The van der Waals surface area contributed by atoms with Crippen LogP contribution in [0.1, 0.15) is 35.3 Å². The van der Waals surface area contributed by atoms with Crippen molar-refractivity contribution in [2.24, 2.45) is 5.92 Å². The van der Waals surface area contributed by atoms with Crippen molar-refractivity contribution < 1.29 is 9.21 Å². The molecule has 0 radical (unpaired) electrons. The molecule has 0 aliphatic carbocycles. The van der Waals surface area contributed by atoms with Gasteiger partial charge in [-0.3, -0.25) is 4.79 Å². The van der Waals surface area contributed by atoms with Crippen LogP contribution in [-0.2, 0) is 11.3 Å². The standard InChI is InChI=1S/C22H26N4O2/c1-14-4-6-17(7-5-14)12-23-21(27)18-8-10-26(11-9-18)20-19-15(2)16(3)28-22(19)25-13-24-20/h4-7,13,18H,8-12H2,1-3H3,(H,23,27). The molecule has 2 aromatic heterocycles. The molecular formula is C22H26N4O2. The zero-order chi connectivity index (χ0) is 19.7. The van der Waals surface area contributed by atoms with Crippen LogP contribution in [0.15, 0.2) is 35.0 Å². The molecule has 1 fully saturated rings. The second kappa shape index (κ2) is 7.62. The topological polar surface area (TPSA) is 71.3 Å². The number of anilines is 1.